The maximum Gasteiger partial charge on any atom is 0.257 e. The minimum Gasteiger partial charge on any atom is -0.418 e. The molecule has 2 heterocycles. The van der Waals surface area contributed by atoms with E-state index in [-0.39, 0.29) is 6.04 Å². The van der Waals surface area contributed by atoms with Gasteiger partial charge in [-0.25, -0.2) is 0 Å². The SMILES string of the molecule is CCC(NC)c1nnc(-c2ccc(Br)s2)o1. The molecule has 16 heavy (non-hydrogen) atoms. The average Bonchev–Trinajstić information content (AvgIpc) is 2.89. The number of hydrogen-bond acceptors (Lipinski definition) is 5. The molecule has 1 atom stereocenters. The Morgan fingerprint density at radius 2 is 2.31 bits per heavy atom. The maximum atomic E-state index is 5.63. The lowest BCUT2D eigenvalue weighted by Crippen LogP contribution is -2.15. The van der Waals surface area contributed by atoms with E-state index in [2.05, 4.69) is 38.4 Å². The van der Waals surface area contributed by atoms with E-state index in [0.29, 0.717) is 11.8 Å². The molecule has 0 bridgehead atoms. The van der Waals surface area contributed by atoms with Crippen LogP contribution in [0.5, 0.6) is 0 Å². The van der Waals surface area contributed by atoms with Crippen LogP contribution in [0.2, 0.25) is 0 Å². The van der Waals surface area contributed by atoms with Crippen molar-refractivity contribution < 1.29 is 4.42 Å². The number of thiophene rings is 1. The van der Waals surface area contributed by atoms with Crippen LogP contribution in [0.25, 0.3) is 10.8 Å². The van der Waals surface area contributed by atoms with E-state index in [4.69, 9.17) is 4.42 Å². The summed E-state index contributed by atoms with van der Waals surface area (Å²) in [6, 6.07) is 4.07. The molecule has 0 spiro atoms. The Balaban J connectivity index is 2.25. The minimum absolute atomic E-state index is 0.129. The van der Waals surface area contributed by atoms with Crippen molar-refractivity contribution in [2.75, 3.05) is 7.05 Å². The zero-order chi connectivity index (χ0) is 11.5. The third-order valence-corrected chi connectivity index (χ3v) is 3.89. The maximum absolute atomic E-state index is 5.63. The molecule has 0 aromatic carbocycles. The summed E-state index contributed by atoms with van der Waals surface area (Å²) in [5, 5.41) is 11.2. The molecule has 1 N–H and O–H groups in total. The highest BCUT2D eigenvalue weighted by Crippen LogP contribution is 2.31. The topological polar surface area (TPSA) is 51.0 Å². The second-order valence-electron chi connectivity index (χ2n) is 3.30. The first-order valence-corrected chi connectivity index (χ1v) is 6.62. The molecule has 0 aliphatic rings. The van der Waals surface area contributed by atoms with Gasteiger partial charge in [-0.2, -0.15) is 0 Å². The van der Waals surface area contributed by atoms with E-state index in [9.17, 15) is 0 Å². The summed E-state index contributed by atoms with van der Waals surface area (Å²) in [7, 11) is 1.89. The fourth-order valence-electron chi connectivity index (χ4n) is 1.41. The van der Waals surface area contributed by atoms with Gasteiger partial charge in [-0.15, -0.1) is 21.5 Å². The summed E-state index contributed by atoms with van der Waals surface area (Å²) in [5.41, 5.74) is 0. The van der Waals surface area contributed by atoms with Crippen LogP contribution in [0.1, 0.15) is 25.3 Å². The molecule has 4 nitrogen and oxygen atoms in total. The Labute approximate surface area is 106 Å². The molecular formula is C10H12BrN3OS. The first-order chi connectivity index (χ1) is 7.74. The van der Waals surface area contributed by atoms with Crippen LogP contribution < -0.4 is 5.32 Å². The molecule has 0 radical (unpaired) electrons. The van der Waals surface area contributed by atoms with Crippen LogP contribution in [0.3, 0.4) is 0 Å². The van der Waals surface area contributed by atoms with Gasteiger partial charge in [0.2, 0.25) is 5.89 Å². The highest BCUT2D eigenvalue weighted by molar-refractivity contribution is 9.11. The summed E-state index contributed by atoms with van der Waals surface area (Å²) < 4.78 is 6.69. The lowest BCUT2D eigenvalue weighted by Gasteiger charge is -2.06. The molecule has 86 valence electrons. The largest absolute Gasteiger partial charge is 0.418 e. The van der Waals surface area contributed by atoms with Crippen molar-refractivity contribution in [1.82, 2.24) is 15.5 Å². The van der Waals surface area contributed by atoms with E-state index in [1.54, 1.807) is 11.3 Å². The Kier molecular flexibility index (Phi) is 3.73. The van der Waals surface area contributed by atoms with Gasteiger partial charge in [0, 0.05) is 0 Å². The molecule has 2 rings (SSSR count). The van der Waals surface area contributed by atoms with E-state index in [0.717, 1.165) is 15.1 Å². The molecule has 0 fully saturated rings. The van der Waals surface area contributed by atoms with Gasteiger partial charge in [0.1, 0.15) is 0 Å². The van der Waals surface area contributed by atoms with E-state index in [1.165, 1.54) is 0 Å². The fraction of sp³-hybridized carbons (Fsp3) is 0.400. The summed E-state index contributed by atoms with van der Waals surface area (Å²) >= 11 is 4.99. The van der Waals surface area contributed by atoms with Gasteiger partial charge >= 0.3 is 0 Å². The van der Waals surface area contributed by atoms with Crippen LogP contribution in [-0.4, -0.2) is 17.2 Å². The Morgan fingerprint density at radius 3 is 2.88 bits per heavy atom. The molecule has 0 amide bonds. The first kappa shape index (κ1) is 11.8. The molecular weight excluding hydrogens is 290 g/mol. The summed E-state index contributed by atoms with van der Waals surface area (Å²) in [6.07, 6.45) is 0.923. The Morgan fingerprint density at radius 1 is 1.50 bits per heavy atom. The monoisotopic (exact) mass is 301 g/mol. The van der Waals surface area contributed by atoms with Crippen molar-refractivity contribution in [3.63, 3.8) is 0 Å². The highest BCUT2D eigenvalue weighted by atomic mass is 79.9. The highest BCUT2D eigenvalue weighted by Gasteiger charge is 2.16. The molecule has 2 aromatic heterocycles. The predicted molar refractivity (Wildman–Crippen MR) is 67.4 cm³/mol. The first-order valence-electron chi connectivity index (χ1n) is 5.01. The van der Waals surface area contributed by atoms with Crippen molar-refractivity contribution in [2.24, 2.45) is 0 Å². The van der Waals surface area contributed by atoms with Crippen LogP contribution >= 0.6 is 27.3 Å². The lowest BCUT2D eigenvalue weighted by molar-refractivity contribution is 0.415. The van der Waals surface area contributed by atoms with Crippen LogP contribution in [-0.2, 0) is 0 Å². The van der Waals surface area contributed by atoms with Gasteiger partial charge in [-0.3, -0.25) is 0 Å². The van der Waals surface area contributed by atoms with Gasteiger partial charge in [-0.05, 0) is 41.5 Å². The number of rotatable bonds is 4. The molecule has 2 aromatic rings. The zero-order valence-corrected chi connectivity index (χ0v) is 11.4. The third kappa shape index (κ3) is 2.34. The second kappa shape index (κ2) is 5.07. The standard InChI is InChI=1S/C10H12BrN3OS/c1-3-6(12-2)9-13-14-10(15-9)7-4-5-8(11)16-7/h4-6,12H,3H2,1-2H3. The molecule has 0 aliphatic carbocycles. The third-order valence-electron chi connectivity index (χ3n) is 2.28. The van der Waals surface area contributed by atoms with E-state index >= 15 is 0 Å². The second-order valence-corrected chi connectivity index (χ2v) is 5.76. The van der Waals surface area contributed by atoms with Crippen molar-refractivity contribution >= 4 is 27.3 Å². The van der Waals surface area contributed by atoms with Crippen molar-refractivity contribution in [1.29, 1.82) is 0 Å². The zero-order valence-electron chi connectivity index (χ0n) is 9.03. The van der Waals surface area contributed by atoms with Crippen LogP contribution in [0.15, 0.2) is 20.3 Å². The Bertz CT molecular complexity index is 464. The summed E-state index contributed by atoms with van der Waals surface area (Å²) in [4.78, 5) is 0.983. The van der Waals surface area contributed by atoms with Crippen molar-refractivity contribution in [3.8, 4) is 10.8 Å². The molecule has 6 heteroatoms. The molecule has 0 saturated heterocycles. The predicted octanol–water partition coefficient (Wildman–Crippen LogP) is 3.23. The molecule has 0 saturated carbocycles. The minimum atomic E-state index is 0.129. The van der Waals surface area contributed by atoms with Gasteiger partial charge < -0.3 is 9.73 Å². The van der Waals surface area contributed by atoms with Crippen molar-refractivity contribution in [3.05, 3.63) is 21.8 Å². The van der Waals surface area contributed by atoms with Crippen LogP contribution in [0, 0.1) is 0 Å². The fourth-order valence-corrected chi connectivity index (χ4v) is 2.71. The average molecular weight is 302 g/mol. The van der Waals surface area contributed by atoms with Gasteiger partial charge in [0.15, 0.2) is 0 Å². The lowest BCUT2D eigenvalue weighted by atomic mass is 10.2. The summed E-state index contributed by atoms with van der Waals surface area (Å²) in [5.74, 6) is 1.23. The number of nitrogens with one attached hydrogen (secondary N) is 1. The number of hydrogen-bond donors (Lipinski definition) is 1. The van der Waals surface area contributed by atoms with Gasteiger partial charge in [0.05, 0.1) is 14.7 Å². The number of aromatic nitrogens is 2. The normalized spacial score (nSPS) is 12.9. The molecule has 0 aliphatic heterocycles. The van der Waals surface area contributed by atoms with Gasteiger partial charge in [-0.1, -0.05) is 6.92 Å². The summed E-state index contributed by atoms with van der Waals surface area (Å²) in [6.45, 7) is 2.08. The van der Waals surface area contributed by atoms with Crippen molar-refractivity contribution in [2.45, 2.75) is 19.4 Å². The number of nitrogens with zero attached hydrogens (tertiary/aromatic N) is 2. The Hall–Kier alpha value is -0.720. The number of halogens is 1. The van der Waals surface area contributed by atoms with E-state index < -0.39 is 0 Å². The quantitative estimate of drug-likeness (QED) is 0.942. The van der Waals surface area contributed by atoms with E-state index in [1.807, 2.05) is 19.2 Å². The molecule has 1 unspecified atom stereocenters. The van der Waals surface area contributed by atoms with Crippen LogP contribution in [0.4, 0.5) is 0 Å². The smallest absolute Gasteiger partial charge is 0.257 e. The van der Waals surface area contributed by atoms with Gasteiger partial charge in [0.25, 0.3) is 5.89 Å².